The molecule has 0 aliphatic carbocycles. The molecule has 3 nitrogen and oxygen atoms in total. The topological polar surface area (TPSA) is 38.5 Å². The van der Waals surface area contributed by atoms with Gasteiger partial charge in [0.05, 0.1) is 17.5 Å². The molecule has 0 aliphatic rings. The lowest BCUT2D eigenvalue weighted by Crippen LogP contribution is -2.18. The van der Waals surface area contributed by atoms with Crippen molar-refractivity contribution in [1.82, 2.24) is 0 Å². The molecule has 2 rings (SSSR count). The second kappa shape index (κ2) is 6.33. The molecule has 2 aromatic carbocycles. The molecular formula is C17H22N2O. The van der Waals surface area contributed by atoms with Crippen molar-refractivity contribution < 1.29 is 4.74 Å². The fourth-order valence-electron chi connectivity index (χ4n) is 2.16. The average Bonchev–Trinajstić information content (AvgIpc) is 2.41. The molecule has 0 unspecified atom stereocenters. The van der Waals surface area contributed by atoms with E-state index in [2.05, 4.69) is 17.0 Å². The van der Waals surface area contributed by atoms with Gasteiger partial charge < -0.3 is 15.4 Å². The molecule has 0 aromatic heterocycles. The maximum atomic E-state index is 6.22. The van der Waals surface area contributed by atoms with Crippen molar-refractivity contribution in [1.29, 1.82) is 0 Å². The van der Waals surface area contributed by atoms with Crippen molar-refractivity contribution in [2.45, 2.75) is 26.5 Å². The first-order chi connectivity index (χ1) is 9.58. The lowest BCUT2D eigenvalue weighted by atomic mass is 10.2. The van der Waals surface area contributed by atoms with Gasteiger partial charge in [0.25, 0.3) is 0 Å². The summed E-state index contributed by atoms with van der Waals surface area (Å²) >= 11 is 0. The van der Waals surface area contributed by atoms with Gasteiger partial charge >= 0.3 is 0 Å². The standard InChI is InChI=1S/C17H22N2O/c1-13(2)20-16-11-7-10-15(17(16)18)19(3)12-14-8-5-4-6-9-14/h4-11,13H,12,18H2,1-3H3. The summed E-state index contributed by atoms with van der Waals surface area (Å²) in [4.78, 5) is 2.14. The number of ether oxygens (including phenoxy) is 1. The van der Waals surface area contributed by atoms with Crippen molar-refractivity contribution in [3.8, 4) is 5.75 Å². The summed E-state index contributed by atoms with van der Waals surface area (Å²) in [6, 6.07) is 16.2. The third-order valence-corrected chi connectivity index (χ3v) is 3.08. The van der Waals surface area contributed by atoms with Gasteiger partial charge in [0.15, 0.2) is 0 Å². The molecule has 0 saturated carbocycles. The van der Waals surface area contributed by atoms with E-state index >= 15 is 0 Å². The summed E-state index contributed by atoms with van der Waals surface area (Å²) in [6.45, 7) is 4.82. The predicted octanol–water partition coefficient (Wildman–Crippen LogP) is 3.69. The molecule has 0 heterocycles. The molecule has 0 atom stereocenters. The third-order valence-electron chi connectivity index (χ3n) is 3.08. The molecule has 3 heteroatoms. The molecule has 0 aliphatic heterocycles. The highest BCUT2D eigenvalue weighted by Gasteiger charge is 2.11. The summed E-state index contributed by atoms with van der Waals surface area (Å²) in [5.41, 5.74) is 9.16. The minimum Gasteiger partial charge on any atom is -0.489 e. The quantitative estimate of drug-likeness (QED) is 0.842. The summed E-state index contributed by atoms with van der Waals surface area (Å²) in [6.07, 6.45) is 0.118. The van der Waals surface area contributed by atoms with E-state index in [0.717, 1.165) is 18.0 Å². The Labute approximate surface area is 121 Å². The summed E-state index contributed by atoms with van der Waals surface area (Å²) in [5, 5.41) is 0. The fourth-order valence-corrected chi connectivity index (χ4v) is 2.16. The lowest BCUT2D eigenvalue weighted by molar-refractivity contribution is 0.244. The number of hydrogen-bond acceptors (Lipinski definition) is 3. The van der Waals surface area contributed by atoms with Crippen LogP contribution >= 0.6 is 0 Å². The van der Waals surface area contributed by atoms with Crippen molar-refractivity contribution in [2.75, 3.05) is 17.7 Å². The first kappa shape index (κ1) is 14.3. The fraction of sp³-hybridized carbons (Fsp3) is 0.294. The summed E-state index contributed by atoms with van der Waals surface area (Å²) < 4.78 is 5.73. The van der Waals surface area contributed by atoms with Crippen LogP contribution in [0, 0.1) is 0 Å². The van der Waals surface area contributed by atoms with Crippen LogP contribution in [-0.2, 0) is 6.54 Å². The van der Waals surface area contributed by atoms with Crippen LogP contribution in [0.4, 0.5) is 11.4 Å². The zero-order chi connectivity index (χ0) is 14.5. The SMILES string of the molecule is CC(C)Oc1cccc(N(C)Cc2ccccc2)c1N. The zero-order valence-electron chi connectivity index (χ0n) is 12.3. The van der Waals surface area contributed by atoms with E-state index < -0.39 is 0 Å². The Morgan fingerprint density at radius 3 is 2.40 bits per heavy atom. The molecule has 106 valence electrons. The summed E-state index contributed by atoms with van der Waals surface area (Å²) in [7, 11) is 2.04. The Morgan fingerprint density at radius 1 is 1.05 bits per heavy atom. The van der Waals surface area contributed by atoms with Gasteiger partial charge in [0.2, 0.25) is 0 Å². The second-order valence-corrected chi connectivity index (χ2v) is 5.20. The largest absolute Gasteiger partial charge is 0.489 e. The highest BCUT2D eigenvalue weighted by molar-refractivity contribution is 5.73. The van der Waals surface area contributed by atoms with E-state index in [1.807, 2.05) is 57.3 Å². The van der Waals surface area contributed by atoms with Gasteiger partial charge in [-0.2, -0.15) is 0 Å². The van der Waals surface area contributed by atoms with Crippen LogP contribution in [0.3, 0.4) is 0 Å². The molecular weight excluding hydrogens is 248 g/mol. The van der Waals surface area contributed by atoms with Crippen LogP contribution in [0.1, 0.15) is 19.4 Å². The highest BCUT2D eigenvalue weighted by Crippen LogP contribution is 2.32. The Kier molecular flexibility index (Phi) is 4.51. The van der Waals surface area contributed by atoms with Crippen LogP contribution in [0.15, 0.2) is 48.5 Å². The summed E-state index contributed by atoms with van der Waals surface area (Å²) in [5.74, 6) is 0.748. The Hall–Kier alpha value is -2.16. The van der Waals surface area contributed by atoms with E-state index in [1.54, 1.807) is 0 Å². The first-order valence-corrected chi connectivity index (χ1v) is 6.88. The molecule has 2 aromatic rings. The van der Waals surface area contributed by atoms with Crippen molar-refractivity contribution in [3.05, 3.63) is 54.1 Å². The lowest BCUT2D eigenvalue weighted by Gasteiger charge is -2.23. The van der Waals surface area contributed by atoms with Gasteiger partial charge in [0, 0.05) is 13.6 Å². The average molecular weight is 270 g/mol. The maximum absolute atomic E-state index is 6.22. The van der Waals surface area contributed by atoms with Crippen LogP contribution in [0.25, 0.3) is 0 Å². The Morgan fingerprint density at radius 2 is 1.75 bits per heavy atom. The molecule has 0 radical (unpaired) electrons. The number of benzene rings is 2. The Balaban J connectivity index is 2.19. The number of para-hydroxylation sites is 1. The number of nitrogens with zero attached hydrogens (tertiary/aromatic N) is 1. The van der Waals surface area contributed by atoms with Crippen molar-refractivity contribution in [3.63, 3.8) is 0 Å². The smallest absolute Gasteiger partial charge is 0.144 e. The van der Waals surface area contributed by atoms with E-state index in [4.69, 9.17) is 10.5 Å². The van der Waals surface area contributed by atoms with Gasteiger partial charge in [-0.15, -0.1) is 0 Å². The minimum absolute atomic E-state index is 0.118. The normalized spacial score (nSPS) is 10.6. The number of rotatable bonds is 5. The van der Waals surface area contributed by atoms with Crippen molar-refractivity contribution in [2.24, 2.45) is 0 Å². The number of nitrogen functional groups attached to an aromatic ring is 1. The van der Waals surface area contributed by atoms with Gasteiger partial charge in [-0.25, -0.2) is 0 Å². The second-order valence-electron chi connectivity index (χ2n) is 5.20. The van der Waals surface area contributed by atoms with Crippen LogP contribution in [-0.4, -0.2) is 13.2 Å². The first-order valence-electron chi connectivity index (χ1n) is 6.88. The van der Waals surface area contributed by atoms with E-state index in [1.165, 1.54) is 5.56 Å². The number of nitrogens with two attached hydrogens (primary N) is 1. The molecule has 0 spiro atoms. The monoisotopic (exact) mass is 270 g/mol. The third kappa shape index (κ3) is 3.44. The maximum Gasteiger partial charge on any atom is 0.144 e. The predicted molar refractivity (Wildman–Crippen MR) is 85.2 cm³/mol. The van der Waals surface area contributed by atoms with Crippen LogP contribution in [0.5, 0.6) is 5.75 Å². The van der Waals surface area contributed by atoms with Crippen LogP contribution < -0.4 is 15.4 Å². The number of hydrogen-bond donors (Lipinski definition) is 1. The van der Waals surface area contributed by atoms with Gasteiger partial charge in [-0.1, -0.05) is 36.4 Å². The minimum atomic E-state index is 0.118. The Bertz CT molecular complexity index is 552. The van der Waals surface area contributed by atoms with Crippen molar-refractivity contribution >= 4 is 11.4 Å². The van der Waals surface area contributed by atoms with E-state index in [9.17, 15) is 0 Å². The van der Waals surface area contributed by atoms with Gasteiger partial charge in [0.1, 0.15) is 5.75 Å². The van der Waals surface area contributed by atoms with Gasteiger partial charge in [-0.05, 0) is 31.5 Å². The van der Waals surface area contributed by atoms with E-state index in [-0.39, 0.29) is 6.10 Å². The number of anilines is 2. The molecule has 2 N–H and O–H groups in total. The zero-order valence-corrected chi connectivity index (χ0v) is 12.3. The van der Waals surface area contributed by atoms with E-state index in [0.29, 0.717) is 5.69 Å². The highest BCUT2D eigenvalue weighted by atomic mass is 16.5. The molecule has 0 amide bonds. The van der Waals surface area contributed by atoms with Crippen LogP contribution in [0.2, 0.25) is 0 Å². The molecule has 20 heavy (non-hydrogen) atoms. The molecule has 0 saturated heterocycles. The molecule has 0 bridgehead atoms. The van der Waals surface area contributed by atoms with Gasteiger partial charge in [-0.3, -0.25) is 0 Å². The molecule has 0 fully saturated rings.